The summed E-state index contributed by atoms with van der Waals surface area (Å²) in [5.41, 5.74) is 2.95. The van der Waals surface area contributed by atoms with E-state index < -0.39 is 5.97 Å². The highest BCUT2D eigenvalue weighted by Crippen LogP contribution is 2.29. The molecule has 1 heterocycles. The van der Waals surface area contributed by atoms with Gasteiger partial charge >= 0.3 is 5.97 Å². The van der Waals surface area contributed by atoms with Crippen LogP contribution in [0.15, 0.2) is 23.1 Å². The molecule has 6 heteroatoms. The van der Waals surface area contributed by atoms with Crippen LogP contribution in [-0.4, -0.2) is 20.9 Å². The summed E-state index contributed by atoms with van der Waals surface area (Å²) in [7, 11) is 1.87. The normalized spacial score (nSPS) is 10.9. The summed E-state index contributed by atoms with van der Waals surface area (Å²) in [6.45, 7) is 3.81. The van der Waals surface area contributed by atoms with Gasteiger partial charge in [-0.3, -0.25) is 4.68 Å². The molecule has 21 heavy (non-hydrogen) atoms. The highest BCUT2D eigenvalue weighted by Gasteiger charge is 2.14. The minimum absolute atomic E-state index is 0.338. The van der Waals surface area contributed by atoms with Gasteiger partial charge in [0.1, 0.15) is 0 Å². The molecule has 1 N–H and O–H groups in total. The minimum Gasteiger partial charge on any atom is -0.478 e. The number of hydrogen-bond donors (Lipinski definition) is 1. The van der Waals surface area contributed by atoms with Crippen LogP contribution in [0.2, 0.25) is 5.02 Å². The number of hydrogen-bond acceptors (Lipinski definition) is 3. The average Bonchev–Trinajstić information content (AvgIpc) is 2.72. The van der Waals surface area contributed by atoms with Gasteiger partial charge in [-0.05, 0) is 31.0 Å². The van der Waals surface area contributed by atoms with E-state index in [1.165, 1.54) is 0 Å². The summed E-state index contributed by atoms with van der Waals surface area (Å²) in [5, 5.41) is 14.2. The zero-order valence-electron chi connectivity index (χ0n) is 12.2. The topological polar surface area (TPSA) is 55.1 Å². The largest absolute Gasteiger partial charge is 0.478 e. The second-order valence-electron chi connectivity index (χ2n) is 4.76. The van der Waals surface area contributed by atoms with Crippen molar-refractivity contribution in [2.45, 2.75) is 30.9 Å². The molecule has 1 aromatic heterocycles. The van der Waals surface area contributed by atoms with E-state index in [4.69, 9.17) is 16.7 Å². The standard InChI is InChI=1S/C15H17ClN2O2S/c1-4-12-14(16)13(18(3)17-12)8-21-10-6-5-9(2)11(7-10)15(19)20/h5-7H,4,8H2,1-3H3,(H,19,20). The second-order valence-corrected chi connectivity index (χ2v) is 6.18. The number of thioether (sulfide) groups is 1. The van der Waals surface area contributed by atoms with Crippen LogP contribution in [0.3, 0.4) is 0 Å². The van der Waals surface area contributed by atoms with Crippen molar-refractivity contribution in [1.29, 1.82) is 0 Å². The highest BCUT2D eigenvalue weighted by atomic mass is 35.5. The molecule has 0 radical (unpaired) electrons. The second kappa shape index (κ2) is 6.54. The van der Waals surface area contributed by atoms with E-state index in [-0.39, 0.29) is 0 Å². The Kier molecular flexibility index (Phi) is 4.96. The fourth-order valence-corrected chi connectivity index (χ4v) is 3.49. The van der Waals surface area contributed by atoms with Crippen molar-refractivity contribution in [3.05, 3.63) is 45.7 Å². The Bertz CT molecular complexity index is 683. The first-order valence-corrected chi connectivity index (χ1v) is 7.97. The van der Waals surface area contributed by atoms with Gasteiger partial charge in [0.05, 0.1) is 22.0 Å². The zero-order chi connectivity index (χ0) is 15.6. The zero-order valence-corrected chi connectivity index (χ0v) is 13.8. The van der Waals surface area contributed by atoms with Crippen LogP contribution >= 0.6 is 23.4 Å². The van der Waals surface area contributed by atoms with Gasteiger partial charge in [-0.15, -0.1) is 11.8 Å². The van der Waals surface area contributed by atoms with Gasteiger partial charge in [0.25, 0.3) is 0 Å². The molecule has 112 valence electrons. The highest BCUT2D eigenvalue weighted by molar-refractivity contribution is 7.98. The lowest BCUT2D eigenvalue weighted by Gasteiger charge is -2.06. The number of aromatic nitrogens is 2. The van der Waals surface area contributed by atoms with Crippen LogP contribution in [0.4, 0.5) is 0 Å². The summed E-state index contributed by atoms with van der Waals surface area (Å²) in [5.74, 6) is -0.244. The first-order chi connectivity index (χ1) is 9.93. The SMILES string of the molecule is CCc1nn(C)c(CSc2ccc(C)c(C(=O)O)c2)c1Cl. The van der Waals surface area contributed by atoms with Crippen LogP contribution in [0.25, 0.3) is 0 Å². The van der Waals surface area contributed by atoms with Crippen LogP contribution in [0.5, 0.6) is 0 Å². The molecule has 0 saturated heterocycles. The number of benzene rings is 1. The van der Waals surface area contributed by atoms with E-state index >= 15 is 0 Å². The van der Waals surface area contributed by atoms with Crippen molar-refractivity contribution in [2.75, 3.05) is 0 Å². The van der Waals surface area contributed by atoms with Crippen LogP contribution in [0, 0.1) is 6.92 Å². The Morgan fingerprint density at radius 2 is 2.19 bits per heavy atom. The Balaban J connectivity index is 2.19. The van der Waals surface area contributed by atoms with E-state index in [1.807, 2.05) is 26.1 Å². The Labute approximate surface area is 133 Å². The Hall–Kier alpha value is -1.46. The van der Waals surface area contributed by atoms with E-state index in [2.05, 4.69) is 5.10 Å². The lowest BCUT2D eigenvalue weighted by atomic mass is 10.1. The van der Waals surface area contributed by atoms with Crippen LogP contribution < -0.4 is 0 Å². The summed E-state index contributed by atoms with van der Waals surface area (Å²) in [4.78, 5) is 12.1. The number of carboxylic acid groups (broad SMARTS) is 1. The molecule has 0 aliphatic carbocycles. The van der Waals surface area contributed by atoms with E-state index in [1.54, 1.807) is 29.4 Å². The predicted molar refractivity (Wildman–Crippen MR) is 85.3 cm³/mol. The maximum atomic E-state index is 11.2. The molecule has 0 spiro atoms. The number of aromatic carboxylic acids is 1. The first kappa shape index (κ1) is 15.9. The number of carboxylic acids is 1. The Morgan fingerprint density at radius 3 is 2.76 bits per heavy atom. The molecule has 1 aromatic carbocycles. The maximum Gasteiger partial charge on any atom is 0.335 e. The lowest BCUT2D eigenvalue weighted by molar-refractivity contribution is 0.0696. The molecule has 2 rings (SSSR count). The number of halogens is 1. The summed E-state index contributed by atoms with van der Waals surface area (Å²) in [6.07, 6.45) is 0.797. The molecule has 0 fully saturated rings. The average molecular weight is 325 g/mol. The molecule has 0 bridgehead atoms. The van der Waals surface area contributed by atoms with Crippen molar-refractivity contribution in [3.8, 4) is 0 Å². The predicted octanol–water partition coefficient (Wildman–Crippen LogP) is 3.93. The van der Waals surface area contributed by atoms with Gasteiger partial charge < -0.3 is 5.11 Å². The van der Waals surface area contributed by atoms with E-state index in [0.29, 0.717) is 16.3 Å². The third-order valence-electron chi connectivity index (χ3n) is 3.32. The summed E-state index contributed by atoms with van der Waals surface area (Å²) >= 11 is 7.87. The van der Waals surface area contributed by atoms with Gasteiger partial charge in [0.15, 0.2) is 0 Å². The van der Waals surface area contributed by atoms with E-state index in [9.17, 15) is 4.79 Å². The molecule has 4 nitrogen and oxygen atoms in total. The number of aryl methyl sites for hydroxylation is 3. The molecule has 2 aromatic rings. The van der Waals surface area contributed by atoms with Crippen molar-refractivity contribution >= 4 is 29.3 Å². The van der Waals surface area contributed by atoms with Crippen molar-refractivity contribution in [3.63, 3.8) is 0 Å². The summed E-state index contributed by atoms with van der Waals surface area (Å²) < 4.78 is 1.79. The number of carbonyl (C=O) groups is 1. The molecule has 0 saturated carbocycles. The van der Waals surface area contributed by atoms with Crippen molar-refractivity contribution in [2.24, 2.45) is 7.05 Å². The quantitative estimate of drug-likeness (QED) is 0.846. The van der Waals surface area contributed by atoms with Crippen LogP contribution in [-0.2, 0) is 19.2 Å². The van der Waals surface area contributed by atoms with Crippen LogP contribution in [0.1, 0.15) is 34.2 Å². The van der Waals surface area contributed by atoms with Gasteiger partial charge in [0, 0.05) is 17.7 Å². The van der Waals surface area contributed by atoms with Gasteiger partial charge in [-0.2, -0.15) is 5.10 Å². The lowest BCUT2D eigenvalue weighted by Crippen LogP contribution is -2.00. The van der Waals surface area contributed by atoms with Gasteiger partial charge in [-0.25, -0.2) is 4.79 Å². The van der Waals surface area contributed by atoms with Gasteiger partial charge in [-0.1, -0.05) is 24.6 Å². The van der Waals surface area contributed by atoms with Gasteiger partial charge in [0.2, 0.25) is 0 Å². The molecule has 0 atom stereocenters. The van der Waals surface area contributed by atoms with Crippen molar-refractivity contribution in [1.82, 2.24) is 9.78 Å². The fraction of sp³-hybridized carbons (Fsp3) is 0.333. The van der Waals surface area contributed by atoms with E-state index in [0.717, 1.165) is 28.3 Å². The molecule has 0 aliphatic heterocycles. The molecule has 0 amide bonds. The monoisotopic (exact) mass is 324 g/mol. The number of rotatable bonds is 5. The minimum atomic E-state index is -0.901. The molecule has 0 unspecified atom stereocenters. The third kappa shape index (κ3) is 3.41. The third-order valence-corrected chi connectivity index (χ3v) is 4.76. The van der Waals surface area contributed by atoms with Crippen molar-refractivity contribution < 1.29 is 9.90 Å². The number of nitrogens with zero attached hydrogens (tertiary/aromatic N) is 2. The summed E-state index contributed by atoms with van der Waals surface area (Å²) in [6, 6.07) is 5.46. The molecule has 0 aliphatic rings. The molecular formula is C15H17ClN2O2S. The Morgan fingerprint density at radius 1 is 1.48 bits per heavy atom. The molecular weight excluding hydrogens is 308 g/mol. The fourth-order valence-electron chi connectivity index (χ4n) is 2.05. The first-order valence-electron chi connectivity index (χ1n) is 6.61. The smallest absolute Gasteiger partial charge is 0.335 e. The maximum absolute atomic E-state index is 11.2.